The fourth-order valence-electron chi connectivity index (χ4n) is 1.58. The van der Waals surface area contributed by atoms with E-state index in [1.165, 1.54) is 0 Å². The molecule has 0 aliphatic rings. The number of carboxylic acid groups (broad SMARTS) is 1. The maximum absolute atomic E-state index is 12.0. The van der Waals surface area contributed by atoms with Crippen LogP contribution in [-0.2, 0) is 11.2 Å². The average molecular weight is 313 g/mol. The molecule has 0 saturated carbocycles. The Kier molecular flexibility index (Phi) is 6.00. The molecule has 0 aliphatic heterocycles. The highest BCUT2D eigenvalue weighted by Gasteiger charge is 2.29. The minimum atomic E-state index is -4.32. The van der Waals surface area contributed by atoms with Crippen molar-refractivity contribution in [2.75, 3.05) is 5.75 Å². The van der Waals surface area contributed by atoms with Crippen LogP contribution >= 0.6 is 23.4 Å². The first-order chi connectivity index (χ1) is 8.78. The van der Waals surface area contributed by atoms with E-state index in [0.717, 1.165) is 0 Å². The number of halogens is 4. The fourth-order valence-corrected chi connectivity index (χ4v) is 2.42. The second-order valence-corrected chi connectivity index (χ2v) is 5.55. The Morgan fingerprint density at radius 1 is 1.42 bits per heavy atom. The summed E-state index contributed by atoms with van der Waals surface area (Å²) < 4.78 is 36.0. The first-order valence-corrected chi connectivity index (χ1v) is 6.82. The summed E-state index contributed by atoms with van der Waals surface area (Å²) in [7, 11) is 0. The number of aliphatic carboxylic acids is 1. The SMILES string of the molecule is O=C(O)C(CCSC(F)(F)F)Cc1cccc(Cl)c1. The maximum Gasteiger partial charge on any atom is 0.441 e. The molecule has 1 aromatic carbocycles. The number of hydrogen-bond donors (Lipinski definition) is 1. The van der Waals surface area contributed by atoms with Gasteiger partial charge in [0.2, 0.25) is 0 Å². The molecular weight excluding hydrogens is 301 g/mol. The first kappa shape index (κ1) is 16.2. The minimum absolute atomic E-state index is 0.0357. The molecule has 1 rings (SSSR count). The standard InChI is InChI=1S/C12H12ClF3O2S/c13-10-3-1-2-8(7-10)6-9(11(17)18)4-5-19-12(14,15)16/h1-3,7,9H,4-6H2,(H,17,18). The number of thioether (sulfide) groups is 1. The summed E-state index contributed by atoms with van der Waals surface area (Å²) in [6, 6.07) is 6.66. The molecule has 0 saturated heterocycles. The maximum atomic E-state index is 12.0. The Bertz CT molecular complexity index is 437. The summed E-state index contributed by atoms with van der Waals surface area (Å²) in [6.45, 7) is 0. The molecule has 0 aromatic heterocycles. The number of carboxylic acids is 1. The fraction of sp³-hybridized carbons (Fsp3) is 0.417. The van der Waals surface area contributed by atoms with Gasteiger partial charge in [-0.1, -0.05) is 35.5 Å². The molecule has 1 atom stereocenters. The van der Waals surface area contributed by atoms with Crippen molar-refractivity contribution in [2.45, 2.75) is 18.3 Å². The van der Waals surface area contributed by atoms with Gasteiger partial charge in [0.25, 0.3) is 0 Å². The lowest BCUT2D eigenvalue weighted by Crippen LogP contribution is -2.18. The van der Waals surface area contributed by atoms with Crippen molar-refractivity contribution in [3.8, 4) is 0 Å². The van der Waals surface area contributed by atoms with Crippen molar-refractivity contribution in [1.82, 2.24) is 0 Å². The zero-order valence-electron chi connectivity index (χ0n) is 9.78. The summed E-state index contributed by atoms with van der Waals surface area (Å²) in [5, 5.41) is 9.49. The molecule has 0 spiro atoms. The van der Waals surface area contributed by atoms with Crippen molar-refractivity contribution in [3.05, 3.63) is 34.9 Å². The van der Waals surface area contributed by atoms with Crippen LogP contribution in [0.2, 0.25) is 5.02 Å². The Morgan fingerprint density at radius 2 is 2.11 bits per heavy atom. The third-order valence-corrected chi connectivity index (χ3v) is 3.45. The van der Waals surface area contributed by atoms with Crippen LogP contribution in [0.15, 0.2) is 24.3 Å². The first-order valence-electron chi connectivity index (χ1n) is 5.46. The number of hydrogen-bond acceptors (Lipinski definition) is 2. The monoisotopic (exact) mass is 312 g/mol. The molecule has 1 unspecified atom stereocenters. The van der Waals surface area contributed by atoms with E-state index in [0.29, 0.717) is 10.6 Å². The number of benzene rings is 1. The lowest BCUT2D eigenvalue weighted by atomic mass is 9.97. The van der Waals surface area contributed by atoms with Gasteiger partial charge in [-0.15, -0.1) is 0 Å². The third-order valence-electron chi connectivity index (χ3n) is 2.45. The molecule has 0 heterocycles. The van der Waals surface area contributed by atoms with E-state index in [1.54, 1.807) is 24.3 Å². The smallest absolute Gasteiger partial charge is 0.441 e. The lowest BCUT2D eigenvalue weighted by Gasteiger charge is -2.13. The van der Waals surface area contributed by atoms with Crippen LogP contribution in [-0.4, -0.2) is 22.3 Å². The molecule has 106 valence electrons. The minimum Gasteiger partial charge on any atom is -0.481 e. The van der Waals surface area contributed by atoms with Gasteiger partial charge in [-0.3, -0.25) is 4.79 Å². The Labute approximate surface area is 117 Å². The molecule has 7 heteroatoms. The van der Waals surface area contributed by atoms with Crippen molar-refractivity contribution in [3.63, 3.8) is 0 Å². The van der Waals surface area contributed by atoms with Gasteiger partial charge in [0.1, 0.15) is 0 Å². The van der Waals surface area contributed by atoms with Crippen molar-refractivity contribution < 1.29 is 23.1 Å². The average Bonchev–Trinajstić information content (AvgIpc) is 2.26. The summed E-state index contributed by atoms with van der Waals surface area (Å²) in [5.74, 6) is -2.20. The van der Waals surface area contributed by atoms with Gasteiger partial charge in [-0.25, -0.2) is 0 Å². The van der Waals surface area contributed by atoms with E-state index in [4.69, 9.17) is 16.7 Å². The zero-order chi connectivity index (χ0) is 14.5. The molecule has 0 amide bonds. The summed E-state index contributed by atoms with van der Waals surface area (Å²) in [6.07, 6.45) is 0.139. The van der Waals surface area contributed by atoms with Crippen molar-refractivity contribution >= 4 is 29.3 Å². The van der Waals surface area contributed by atoms with Crippen LogP contribution in [0.1, 0.15) is 12.0 Å². The van der Waals surface area contributed by atoms with E-state index in [9.17, 15) is 18.0 Å². The van der Waals surface area contributed by atoms with E-state index in [1.807, 2.05) is 0 Å². The number of rotatable bonds is 6. The second kappa shape index (κ2) is 7.05. The highest BCUT2D eigenvalue weighted by Crippen LogP contribution is 2.31. The van der Waals surface area contributed by atoms with Crippen LogP contribution in [0, 0.1) is 5.92 Å². The topological polar surface area (TPSA) is 37.3 Å². The predicted molar refractivity (Wildman–Crippen MR) is 69.4 cm³/mol. The molecule has 2 nitrogen and oxygen atoms in total. The molecule has 1 aromatic rings. The summed E-state index contributed by atoms with van der Waals surface area (Å²) in [5.41, 5.74) is -3.61. The van der Waals surface area contributed by atoms with Crippen LogP contribution in [0.25, 0.3) is 0 Å². The molecular formula is C12H12ClF3O2S. The van der Waals surface area contributed by atoms with Gasteiger partial charge >= 0.3 is 11.5 Å². The predicted octanol–water partition coefficient (Wildman–Crippen LogP) is 4.23. The number of alkyl halides is 3. The highest BCUT2D eigenvalue weighted by atomic mass is 35.5. The van der Waals surface area contributed by atoms with E-state index in [-0.39, 0.29) is 30.4 Å². The van der Waals surface area contributed by atoms with Crippen molar-refractivity contribution in [2.24, 2.45) is 5.92 Å². The Hall–Kier alpha value is -0.880. The van der Waals surface area contributed by atoms with Gasteiger partial charge in [-0.2, -0.15) is 13.2 Å². The summed E-state index contributed by atoms with van der Waals surface area (Å²) >= 11 is 5.58. The van der Waals surface area contributed by atoms with Crippen LogP contribution in [0.4, 0.5) is 13.2 Å². The lowest BCUT2D eigenvalue weighted by molar-refractivity contribution is -0.141. The molecule has 0 aliphatic carbocycles. The number of carbonyl (C=O) groups is 1. The van der Waals surface area contributed by atoms with Gasteiger partial charge in [0.15, 0.2) is 0 Å². The molecule has 19 heavy (non-hydrogen) atoms. The van der Waals surface area contributed by atoms with Gasteiger partial charge in [0.05, 0.1) is 5.92 Å². The quantitative estimate of drug-likeness (QED) is 0.854. The second-order valence-electron chi connectivity index (χ2n) is 3.95. The molecule has 0 fully saturated rings. The van der Waals surface area contributed by atoms with Gasteiger partial charge in [-0.05, 0) is 30.5 Å². The third kappa shape index (κ3) is 6.73. The van der Waals surface area contributed by atoms with E-state index in [2.05, 4.69) is 0 Å². The molecule has 1 N–H and O–H groups in total. The van der Waals surface area contributed by atoms with Gasteiger partial charge in [0, 0.05) is 10.8 Å². The van der Waals surface area contributed by atoms with Crippen LogP contribution < -0.4 is 0 Å². The van der Waals surface area contributed by atoms with E-state index < -0.39 is 17.4 Å². The zero-order valence-corrected chi connectivity index (χ0v) is 11.4. The highest BCUT2D eigenvalue weighted by molar-refractivity contribution is 8.00. The Morgan fingerprint density at radius 3 is 2.63 bits per heavy atom. The largest absolute Gasteiger partial charge is 0.481 e. The summed E-state index contributed by atoms with van der Waals surface area (Å²) in [4.78, 5) is 11.0. The normalized spacial score (nSPS) is 13.3. The Balaban J connectivity index is 2.56. The van der Waals surface area contributed by atoms with Crippen LogP contribution in [0.3, 0.4) is 0 Å². The molecule has 0 radical (unpaired) electrons. The van der Waals surface area contributed by atoms with E-state index >= 15 is 0 Å². The van der Waals surface area contributed by atoms with Crippen molar-refractivity contribution in [1.29, 1.82) is 0 Å². The van der Waals surface area contributed by atoms with Crippen LogP contribution in [0.5, 0.6) is 0 Å². The molecule has 0 bridgehead atoms. The van der Waals surface area contributed by atoms with Gasteiger partial charge < -0.3 is 5.11 Å².